The fourth-order valence-corrected chi connectivity index (χ4v) is 5.42. The highest BCUT2D eigenvalue weighted by molar-refractivity contribution is 5.98. The molecule has 0 radical (unpaired) electrons. The minimum atomic E-state index is -0.371. The van der Waals surface area contributed by atoms with Crippen molar-refractivity contribution in [2.75, 3.05) is 14.2 Å². The molecule has 2 aliphatic rings. The highest BCUT2D eigenvalue weighted by Gasteiger charge is 2.29. The minimum absolute atomic E-state index is 0.0777. The van der Waals surface area contributed by atoms with Crippen LogP contribution in [0.25, 0.3) is 16.8 Å². The van der Waals surface area contributed by atoms with Gasteiger partial charge in [-0.3, -0.25) is 19.7 Å². The van der Waals surface area contributed by atoms with Gasteiger partial charge >= 0.3 is 0 Å². The molecule has 3 heterocycles. The second-order valence-electron chi connectivity index (χ2n) is 11.7. The Morgan fingerprint density at radius 1 is 1.00 bits per heavy atom. The Kier molecular flexibility index (Phi) is 10.0. The summed E-state index contributed by atoms with van der Waals surface area (Å²) in [5.41, 5.74) is 5.75. The van der Waals surface area contributed by atoms with E-state index in [9.17, 15) is 14.4 Å². The Bertz CT molecular complexity index is 1590. The number of methoxy groups -OCH3 is 1. The molecule has 1 aliphatic carbocycles. The number of aromatic nitrogens is 2. The number of pyridine rings is 1. The number of hydrogen-bond donors (Lipinski definition) is 1. The van der Waals surface area contributed by atoms with Crippen molar-refractivity contribution in [1.82, 2.24) is 19.6 Å². The van der Waals surface area contributed by atoms with Crippen molar-refractivity contribution in [3.05, 3.63) is 89.9 Å². The van der Waals surface area contributed by atoms with Crippen molar-refractivity contribution >= 4 is 23.4 Å². The number of amides is 3. The standard InChI is InChI=1S/C18H17N3O2.C10H11NO2.C7H14/c1-12(18(23)20-13(2)22)14-3-5-15(6-4-14)16-7-8-17-19-9-10-21(17)11-16;1-11-6-7-3-4-8(13-2)5-9(7)10(11)12;1-5-4-6(2)7(5)3/h3-12H,1-2H3,(H,20,22,23);3-5H,6H2,1-2H3;5-7H,4H2,1-3H3. The highest BCUT2D eigenvalue weighted by Crippen LogP contribution is 2.38. The molecule has 226 valence electrons. The number of ether oxygens (including phenoxy) is 1. The molecule has 8 heteroatoms. The second-order valence-corrected chi connectivity index (χ2v) is 11.7. The first-order chi connectivity index (χ1) is 20.5. The van der Waals surface area contributed by atoms with Gasteiger partial charge in [0.15, 0.2) is 0 Å². The molecule has 2 aromatic carbocycles. The largest absolute Gasteiger partial charge is 0.497 e. The first-order valence-electron chi connectivity index (χ1n) is 14.7. The van der Waals surface area contributed by atoms with E-state index >= 15 is 0 Å². The molecule has 6 rings (SSSR count). The number of fused-ring (bicyclic) bond motifs is 2. The van der Waals surface area contributed by atoms with Crippen LogP contribution < -0.4 is 10.1 Å². The van der Waals surface area contributed by atoms with E-state index in [-0.39, 0.29) is 23.6 Å². The van der Waals surface area contributed by atoms with Crippen molar-refractivity contribution in [1.29, 1.82) is 0 Å². The molecule has 4 aromatic rings. The summed E-state index contributed by atoms with van der Waals surface area (Å²) in [4.78, 5) is 40.3. The average Bonchev–Trinajstić information content (AvgIpc) is 3.60. The van der Waals surface area contributed by atoms with E-state index in [1.54, 1.807) is 38.2 Å². The fraction of sp³-hybridized carbons (Fsp3) is 0.371. The zero-order valence-corrected chi connectivity index (χ0v) is 26.1. The van der Waals surface area contributed by atoms with Crippen molar-refractivity contribution in [2.24, 2.45) is 17.8 Å². The summed E-state index contributed by atoms with van der Waals surface area (Å²) in [6.45, 7) is 10.8. The molecule has 1 fully saturated rings. The first kappa shape index (κ1) is 31.5. The van der Waals surface area contributed by atoms with Gasteiger partial charge in [0, 0.05) is 44.7 Å². The molecule has 43 heavy (non-hydrogen) atoms. The van der Waals surface area contributed by atoms with E-state index in [1.807, 2.05) is 65.3 Å². The maximum atomic E-state index is 11.9. The fourth-order valence-electron chi connectivity index (χ4n) is 5.42. The Hall–Kier alpha value is -4.46. The number of benzene rings is 2. The maximum absolute atomic E-state index is 11.9. The molecule has 1 saturated carbocycles. The number of carbonyl (C=O) groups is 3. The van der Waals surface area contributed by atoms with E-state index in [4.69, 9.17) is 4.74 Å². The maximum Gasteiger partial charge on any atom is 0.254 e. The summed E-state index contributed by atoms with van der Waals surface area (Å²) in [5, 5.41) is 2.32. The third-order valence-corrected chi connectivity index (χ3v) is 8.67. The lowest BCUT2D eigenvalue weighted by atomic mass is 9.68. The van der Waals surface area contributed by atoms with Gasteiger partial charge < -0.3 is 14.0 Å². The Balaban J connectivity index is 0.000000176. The summed E-state index contributed by atoms with van der Waals surface area (Å²) in [7, 11) is 3.40. The summed E-state index contributed by atoms with van der Waals surface area (Å²) < 4.78 is 7.02. The molecule has 1 N–H and O–H groups in total. The average molecular weight is 583 g/mol. The smallest absolute Gasteiger partial charge is 0.254 e. The molecule has 3 unspecified atom stereocenters. The zero-order valence-electron chi connectivity index (χ0n) is 26.1. The van der Waals surface area contributed by atoms with Gasteiger partial charge in [0.05, 0.1) is 13.0 Å². The first-order valence-corrected chi connectivity index (χ1v) is 14.7. The summed E-state index contributed by atoms with van der Waals surface area (Å²) in [6.07, 6.45) is 7.14. The van der Waals surface area contributed by atoms with Crippen LogP contribution in [-0.2, 0) is 16.1 Å². The van der Waals surface area contributed by atoms with Crippen LogP contribution in [0.1, 0.15) is 68.4 Å². The summed E-state index contributed by atoms with van der Waals surface area (Å²) in [5.74, 6) is 2.84. The predicted molar refractivity (Wildman–Crippen MR) is 169 cm³/mol. The SMILES string of the molecule is CC(=O)NC(=O)C(C)c1ccc(-c2ccc3nccn3c2)cc1.CC1CC(C)C1C.COc1ccc2c(c1)C(=O)N(C)C2. The molecule has 3 amide bonds. The van der Waals surface area contributed by atoms with Gasteiger partial charge in [-0.15, -0.1) is 0 Å². The van der Waals surface area contributed by atoms with Crippen LogP contribution in [0.4, 0.5) is 0 Å². The van der Waals surface area contributed by atoms with Crippen molar-refractivity contribution in [3.8, 4) is 16.9 Å². The topological polar surface area (TPSA) is 93.0 Å². The second kappa shape index (κ2) is 13.7. The minimum Gasteiger partial charge on any atom is -0.497 e. The zero-order chi connectivity index (χ0) is 31.3. The molecule has 0 saturated heterocycles. The van der Waals surface area contributed by atoms with Gasteiger partial charge in [-0.05, 0) is 77.6 Å². The third kappa shape index (κ3) is 7.49. The number of rotatable bonds is 4. The summed E-state index contributed by atoms with van der Waals surface area (Å²) in [6, 6.07) is 17.4. The van der Waals surface area contributed by atoms with Gasteiger partial charge in [0.2, 0.25) is 11.8 Å². The van der Waals surface area contributed by atoms with Crippen LogP contribution in [-0.4, -0.2) is 46.2 Å². The Labute approximate surface area is 254 Å². The quantitative estimate of drug-likeness (QED) is 0.303. The normalized spacial score (nSPS) is 19.2. The van der Waals surface area contributed by atoms with E-state index < -0.39 is 0 Å². The van der Waals surface area contributed by atoms with E-state index in [0.29, 0.717) is 6.54 Å². The van der Waals surface area contributed by atoms with Gasteiger partial charge in [0.1, 0.15) is 11.4 Å². The number of carbonyl (C=O) groups excluding carboxylic acids is 3. The van der Waals surface area contributed by atoms with Crippen molar-refractivity contribution in [2.45, 2.75) is 53.5 Å². The highest BCUT2D eigenvalue weighted by atomic mass is 16.5. The molecule has 1 aliphatic heterocycles. The van der Waals surface area contributed by atoms with Crippen molar-refractivity contribution < 1.29 is 19.1 Å². The van der Waals surface area contributed by atoms with Crippen LogP contribution in [0.3, 0.4) is 0 Å². The van der Waals surface area contributed by atoms with Crippen molar-refractivity contribution in [3.63, 3.8) is 0 Å². The number of nitrogens with zero attached hydrogens (tertiary/aromatic N) is 3. The van der Waals surface area contributed by atoms with Crippen LogP contribution in [0, 0.1) is 17.8 Å². The number of hydrogen-bond acceptors (Lipinski definition) is 5. The lowest BCUT2D eigenvalue weighted by Crippen LogP contribution is -2.31. The Morgan fingerprint density at radius 2 is 1.67 bits per heavy atom. The molecule has 0 spiro atoms. The van der Waals surface area contributed by atoms with Gasteiger partial charge in [-0.2, -0.15) is 0 Å². The van der Waals surface area contributed by atoms with Crippen LogP contribution >= 0.6 is 0 Å². The van der Waals surface area contributed by atoms with E-state index in [2.05, 4.69) is 31.1 Å². The molecular weight excluding hydrogens is 540 g/mol. The van der Waals surface area contributed by atoms with Gasteiger partial charge in [0.25, 0.3) is 5.91 Å². The summed E-state index contributed by atoms with van der Waals surface area (Å²) >= 11 is 0. The molecule has 8 nitrogen and oxygen atoms in total. The lowest BCUT2D eigenvalue weighted by Gasteiger charge is -2.38. The van der Waals surface area contributed by atoms with E-state index in [1.165, 1.54) is 13.3 Å². The molecular formula is C35H42N4O4. The third-order valence-electron chi connectivity index (χ3n) is 8.67. The Morgan fingerprint density at radius 3 is 2.26 bits per heavy atom. The number of imide groups is 1. The predicted octanol–water partition coefficient (Wildman–Crippen LogP) is 6.35. The molecule has 3 atom stereocenters. The van der Waals surface area contributed by atoms with E-state index in [0.717, 1.165) is 57.0 Å². The van der Waals surface area contributed by atoms with Crippen LogP contribution in [0.2, 0.25) is 0 Å². The molecule has 2 aromatic heterocycles. The van der Waals surface area contributed by atoms with Gasteiger partial charge in [-0.25, -0.2) is 4.98 Å². The molecule has 0 bridgehead atoms. The number of nitrogens with one attached hydrogen (secondary N) is 1. The van der Waals surface area contributed by atoms with Crippen LogP contribution in [0.15, 0.2) is 73.2 Å². The van der Waals surface area contributed by atoms with Crippen LogP contribution in [0.5, 0.6) is 5.75 Å². The lowest BCUT2D eigenvalue weighted by molar-refractivity contribution is -0.129. The number of imidazole rings is 1. The monoisotopic (exact) mass is 582 g/mol. The van der Waals surface area contributed by atoms with Gasteiger partial charge in [-0.1, -0.05) is 51.1 Å².